The van der Waals surface area contributed by atoms with Crippen molar-refractivity contribution in [2.45, 2.75) is 46.5 Å². The Labute approximate surface area is 185 Å². The number of hydrogen-bond donors (Lipinski definition) is 1. The third kappa shape index (κ3) is 4.88. The number of benzene rings is 1. The quantitative estimate of drug-likeness (QED) is 0.546. The zero-order chi connectivity index (χ0) is 21.2. The Morgan fingerprint density at radius 2 is 2.17 bits per heavy atom. The van der Waals surface area contributed by atoms with E-state index in [1.165, 1.54) is 16.2 Å². The minimum Gasteiger partial charge on any atom is -0.482 e. The Kier molecular flexibility index (Phi) is 6.78. The Morgan fingerprint density at radius 1 is 1.41 bits per heavy atom. The van der Waals surface area contributed by atoms with Gasteiger partial charge in [0.1, 0.15) is 16.8 Å². The monoisotopic (exact) mass is 450 g/mol. The molecule has 0 aliphatic heterocycles. The molecule has 0 saturated heterocycles. The molecular formula is C22H24Cl2N2O2S. The van der Waals surface area contributed by atoms with Gasteiger partial charge in [-0.25, -0.2) is 0 Å². The molecule has 1 aliphatic carbocycles. The van der Waals surface area contributed by atoms with Crippen molar-refractivity contribution in [1.29, 1.82) is 5.26 Å². The number of carbonyl (C=O) groups is 1. The SMILES string of the molecule is CCC(C)(C)[C@H]1CCc2c(sc(NC(=O)COc3ccc(Cl)cc3Cl)c2C#N)C1. The summed E-state index contributed by atoms with van der Waals surface area (Å²) in [4.78, 5) is 13.6. The first-order chi connectivity index (χ1) is 13.7. The molecule has 0 saturated carbocycles. The smallest absolute Gasteiger partial charge is 0.262 e. The minimum absolute atomic E-state index is 0.194. The van der Waals surface area contributed by atoms with Crippen molar-refractivity contribution in [3.8, 4) is 11.8 Å². The fourth-order valence-corrected chi connectivity index (χ4v) is 5.40. The van der Waals surface area contributed by atoms with Gasteiger partial charge in [-0.1, -0.05) is 50.4 Å². The average Bonchev–Trinajstić information content (AvgIpc) is 3.03. The predicted molar refractivity (Wildman–Crippen MR) is 119 cm³/mol. The van der Waals surface area contributed by atoms with Gasteiger partial charge in [0, 0.05) is 9.90 Å². The van der Waals surface area contributed by atoms with Crippen LogP contribution in [0.25, 0.3) is 0 Å². The molecule has 29 heavy (non-hydrogen) atoms. The highest BCUT2D eigenvalue weighted by atomic mass is 35.5. The summed E-state index contributed by atoms with van der Waals surface area (Å²) in [5.74, 6) is 0.655. The Morgan fingerprint density at radius 3 is 2.83 bits per heavy atom. The number of amides is 1. The molecule has 1 N–H and O–H groups in total. The highest BCUT2D eigenvalue weighted by Gasteiger charge is 2.34. The van der Waals surface area contributed by atoms with Gasteiger partial charge in [-0.3, -0.25) is 4.79 Å². The first-order valence-electron chi connectivity index (χ1n) is 9.67. The van der Waals surface area contributed by atoms with Gasteiger partial charge in [-0.2, -0.15) is 5.26 Å². The molecule has 1 aliphatic rings. The number of halogens is 2. The maximum atomic E-state index is 12.4. The third-order valence-electron chi connectivity index (χ3n) is 5.90. The van der Waals surface area contributed by atoms with Gasteiger partial charge in [0.15, 0.2) is 6.61 Å². The maximum Gasteiger partial charge on any atom is 0.262 e. The van der Waals surface area contributed by atoms with Crippen LogP contribution in [0, 0.1) is 22.7 Å². The standard InChI is InChI=1S/C22H24Cl2N2O2S/c1-4-22(2,3)13-5-7-15-16(11-25)21(29-19(15)9-13)26-20(27)12-28-18-8-6-14(23)10-17(18)24/h6,8,10,13H,4-5,7,9,12H2,1-3H3,(H,26,27)/t13-/m0/s1. The van der Waals surface area contributed by atoms with E-state index in [1.807, 2.05) is 0 Å². The van der Waals surface area contributed by atoms with E-state index in [4.69, 9.17) is 27.9 Å². The first-order valence-corrected chi connectivity index (χ1v) is 11.2. The van der Waals surface area contributed by atoms with Crippen LogP contribution in [0.3, 0.4) is 0 Å². The summed E-state index contributed by atoms with van der Waals surface area (Å²) in [6, 6.07) is 7.12. The average molecular weight is 451 g/mol. The van der Waals surface area contributed by atoms with Crippen molar-refractivity contribution in [2.75, 3.05) is 11.9 Å². The number of nitrogens with one attached hydrogen (secondary N) is 1. The molecule has 0 unspecified atom stereocenters. The second-order valence-corrected chi connectivity index (χ2v) is 9.96. The number of nitrogens with zero attached hydrogens (tertiary/aromatic N) is 1. The molecule has 7 heteroatoms. The van der Waals surface area contributed by atoms with Gasteiger partial charge in [-0.05, 0) is 54.4 Å². The van der Waals surface area contributed by atoms with Gasteiger partial charge in [0.2, 0.25) is 0 Å². The molecule has 1 atom stereocenters. The van der Waals surface area contributed by atoms with E-state index in [2.05, 4.69) is 32.2 Å². The topological polar surface area (TPSA) is 62.1 Å². The van der Waals surface area contributed by atoms with E-state index in [9.17, 15) is 10.1 Å². The highest BCUT2D eigenvalue weighted by Crippen LogP contribution is 2.45. The van der Waals surface area contributed by atoms with E-state index < -0.39 is 0 Å². The van der Waals surface area contributed by atoms with E-state index in [0.29, 0.717) is 32.3 Å². The summed E-state index contributed by atoms with van der Waals surface area (Å²) in [7, 11) is 0. The van der Waals surface area contributed by atoms with Gasteiger partial charge >= 0.3 is 0 Å². The molecule has 1 aromatic heterocycles. The molecule has 4 nitrogen and oxygen atoms in total. The molecule has 3 rings (SSSR count). The van der Waals surface area contributed by atoms with Crippen LogP contribution in [0.15, 0.2) is 18.2 Å². The van der Waals surface area contributed by atoms with E-state index in [-0.39, 0.29) is 17.9 Å². The van der Waals surface area contributed by atoms with Crippen LogP contribution in [0.4, 0.5) is 5.00 Å². The van der Waals surface area contributed by atoms with Crippen LogP contribution >= 0.6 is 34.5 Å². The fraction of sp³-hybridized carbons (Fsp3) is 0.455. The lowest BCUT2D eigenvalue weighted by molar-refractivity contribution is -0.118. The maximum absolute atomic E-state index is 12.4. The largest absolute Gasteiger partial charge is 0.482 e. The molecule has 154 valence electrons. The number of rotatable bonds is 6. The summed E-state index contributed by atoms with van der Waals surface area (Å²) in [6.45, 7) is 6.65. The molecule has 0 radical (unpaired) electrons. The second-order valence-electron chi connectivity index (χ2n) is 8.01. The number of fused-ring (bicyclic) bond motifs is 1. The normalized spacial score (nSPS) is 16.1. The fourth-order valence-electron chi connectivity index (χ4n) is 3.65. The number of hydrogen-bond acceptors (Lipinski definition) is 4. The Balaban J connectivity index is 1.70. The summed E-state index contributed by atoms with van der Waals surface area (Å²) < 4.78 is 5.50. The lowest BCUT2D eigenvalue weighted by Gasteiger charge is -2.36. The molecule has 2 aromatic rings. The van der Waals surface area contributed by atoms with Gasteiger partial charge in [0.25, 0.3) is 5.91 Å². The number of anilines is 1. The highest BCUT2D eigenvalue weighted by molar-refractivity contribution is 7.16. The molecule has 0 fully saturated rings. The molecule has 1 aromatic carbocycles. The van der Waals surface area contributed by atoms with Crippen LogP contribution < -0.4 is 10.1 Å². The molecule has 1 amide bonds. The van der Waals surface area contributed by atoms with Crippen molar-refractivity contribution in [2.24, 2.45) is 11.3 Å². The Hall–Kier alpha value is -1.74. The van der Waals surface area contributed by atoms with Crippen molar-refractivity contribution in [1.82, 2.24) is 0 Å². The summed E-state index contributed by atoms with van der Waals surface area (Å²) in [5.41, 5.74) is 1.96. The van der Waals surface area contributed by atoms with Gasteiger partial charge in [-0.15, -0.1) is 11.3 Å². The van der Waals surface area contributed by atoms with E-state index in [1.54, 1.807) is 18.2 Å². The van der Waals surface area contributed by atoms with Crippen LogP contribution in [0.5, 0.6) is 5.75 Å². The Bertz CT molecular complexity index is 962. The summed E-state index contributed by atoms with van der Waals surface area (Å²) in [5, 5.41) is 14.0. The first kappa shape index (κ1) is 22.0. The van der Waals surface area contributed by atoms with Crippen molar-refractivity contribution in [3.05, 3.63) is 44.2 Å². The molecule has 0 bridgehead atoms. The van der Waals surface area contributed by atoms with Crippen LogP contribution in [0.1, 0.15) is 49.6 Å². The number of thiophene rings is 1. The summed E-state index contributed by atoms with van der Waals surface area (Å²) >= 11 is 13.5. The number of nitriles is 1. The van der Waals surface area contributed by atoms with Crippen molar-refractivity contribution < 1.29 is 9.53 Å². The molecule has 1 heterocycles. The number of ether oxygens (including phenoxy) is 1. The zero-order valence-electron chi connectivity index (χ0n) is 16.8. The number of carbonyl (C=O) groups excluding carboxylic acids is 1. The van der Waals surface area contributed by atoms with Gasteiger partial charge in [0.05, 0.1) is 10.6 Å². The van der Waals surface area contributed by atoms with Crippen LogP contribution in [0.2, 0.25) is 10.0 Å². The second kappa shape index (κ2) is 8.95. The van der Waals surface area contributed by atoms with Crippen molar-refractivity contribution in [3.63, 3.8) is 0 Å². The van der Waals surface area contributed by atoms with Crippen molar-refractivity contribution >= 4 is 45.4 Å². The lowest BCUT2D eigenvalue weighted by Crippen LogP contribution is -2.28. The molecular weight excluding hydrogens is 427 g/mol. The van der Waals surface area contributed by atoms with Crippen LogP contribution in [-0.4, -0.2) is 12.5 Å². The predicted octanol–water partition coefficient (Wildman–Crippen LogP) is 6.49. The lowest BCUT2D eigenvalue weighted by atomic mass is 9.69. The zero-order valence-corrected chi connectivity index (χ0v) is 19.1. The van der Waals surface area contributed by atoms with E-state index >= 15 is 0 Å². The van der Waals surface area contributed by atoms with E-state index in [0.717, 1.165) is 31.2 Å². The third-order valence-corrected chi connectivity index (χ3v) is 7.60. The van der Waals surface area contributed by atoms with Gasteiger partial charge < -0.3 is 10.1 Å². The molecule has 0 spiro atoms. The summed E-state index contributed by atoms with van der Waals surface area (Å²) in [6.07, 6.45) is 4.04. The van der Waals surface area contributed by atoms with Crippen LogP contribution in [-0.2, 0) is 17.6 Å². The minimum atomic E-state index is -0.323.